The van der Waals surface area contributed by atoms with Gasteiger partial charge in [-0.05, 0) is 19.8 Å². The number of hydrogen-bond acceptors (Lipinski definition) is 2. The van der Waals surface area contributed by atoms with Crippen LogP contribution in [0.4, 0.5) is 0 Å². The van der Waals surface area contributed by atoms with Gasteiger partial charge in [0.15, 0.2) is 0 Å². The third kappa shape index (κ3) is 4.00. The van der Waals surface area contributed by atoms with E-state index >= 15 is 0 Å². The first kappa shape index (κ1) is 15.0. The van der Waals surface area contributed by atoms with E-state index in [0.29, 0.717) is 25.9 Å². The highest BCUT2D eigenvalue weighted by atomic mass is 16.4. The second-order valence-corrected chi connectivity index (χ2v) is 5.60. The number of nitrogens with zero attached hydrogens (tertiary/aromatic N) is 1. The Hall–Kier alpha value is -1.06. The van der Waals surface area contributed by atoms with Crippen LogP contribution in [-0.4, -0.2) is 35.0 Å². The number of hydrogen-bond donors (Lipinski definition) is 1. The molecule has 0 aromatic rings. The van der Waals surface area contributed by atoms with Crippen LogP contribution in [0.5, 0.6) is 0 Å². The summed E-state index contributed by atoms with van der Waals surface area (Å²) in [6, 6.07) is 0. The van der Waals surface area contributed by atoms with Crippen LogP contribution in [0.2, 0.25) is 0 Å². The molecule has 104 valence electrons. The summed E-state index contributed by atoms with van der Waals surface area (Å²) in [5.41, 5.74) is -0.738. The molecule has 1 fully saturated rings. The molecule has 18 heavy (non-hydrogen) atoms. The Morgan fingerprint density at radius 1 is 1.22 bits per heavy atom. The largest absolute Gasteiger partial charge is 0.481 e. The summed E-state index contributed by atoms with van der Waals surface area (Å²) in [4.78, 5) is 24.7. The monoisotopic (exact) mass is 255 g/mol. The van der Waals surface area contributed by atoms with E-state index in [1.54, 1.807) is 11.8 Å². The van der Waals surface area contributed by atoms with Gasteiger partial charge in [-0.1, -0.05) is 32.6 Å². The highest BCUT2D eigenvalue weighted by Gasteiger charge is 2.41. The maximum Gasteiger partial charge on any atom is 0.311 e. The van der Waals surface area contributed by atoms with Crippen molar-refractivity contribution in [3.8, 4) is 0 Å². The zero-order chi connectivity index (χ0) is 13.6. The molecule has 4 nitrogen and oxygen atoms in total. The zero-order valence-corrected chi connectivity index (χ0v) is 11.6. The molecule has 0 bridgehead atoms. The molecule has 1 rings (SSSR count). The van der Waals surface area contributed by atoms with E-state index in [4.69, 9.17) is 5.11 Å². The first-order chi connectivity index (χ1) is 8.49. The summed E-state index contributed by atoms with van der Waals surface area (Å²) in [6.07, 6.45) is 6.80. The molecule has 0 aromatic heterocycles. The Morgan fingerprint density at radius 2 is 1.89 bits per heavy atom. The number of carboxylic acids is 1. The average Bonchev–Trinajstić information content (AvgIpc) is 2.73. The molecular formula is C14H25NO3. The molecule has 1 unspecified atom stereocenters. The maximum atomic E-state index is 11.9. The lowest BCUT2D eigenvalue weighted by atomic mass is 9.90. The number of carbonyl (C=O) groups excluding carboxylic acids is 1. The van der Waals surface area contributed by atoms with Crippen LogP contribution >= 0.6 is 0 Å². The van der Waals surface area contributed by atoms with Crippen LogP contribution in [-0.2, 0) is 9.59 Å². The van der Waals surface area contributed by atoms with Crippen LogP contribution in [0.3, 0.4) is 0 Å². The fraction of sp³-hybridized carbons (Fsp3) is 0.857. The van der Waals surface area contributed by atoms with E-state index in [0.717, 1.165) is 12.8 Å². The van der Waals surface area contributed by atoms with Crippen LogP contribution in [0.25, 0.3) is 0 Å². The fourth-order valence-corrected chi connectivity index (χ4v) is 2.39. The first-order valence-corrected chi connectivity index (χ1v) is 7.01. The molecule has 0 radical (unpaired) electrons. The summed E-state index contributed by atoms with van der Waals surface area (Å²) < 4.78 is 0. The van der Waals surface area contributed by atoms with Crippen LogP contribution in [0, 0.1) is 5.41 Å². The van der Waals surface area contributed by atoms with Gasteiger partial charge in [0.25, 0.3) is 0 Å². The number of carbonyl (C=O) groups is 2. The van der Waals surface area contributed by atoms with Gasteiger partial charge in [-0.15, -0.1) is 0 Å². The Bertz CT molecular complexity index is 303. The van der Waals surface area contributed by atoms with E-state index in [9.17, 15) is 9.59 Å². The predicted molar refractivity (Wildman–Crippen MR) is 70.3 cm³/mol. The minimum Gasteiger partial charge on any atom is -0.481 e. The summed E-state index contributed by atoms with van der Waals surface area (Å²) in [5, 5.41) is 9.11. The third-order valence-corrected chi connectivity index (χ3v) is 3.84. The molecule has 1 saturated heterocycles. The number of rotatable bonds is 7. The van der Waals surface area contributed by atoms with Crippen LogP contribution in [0.1, 0.15) is 58.8 Å². The Morgan fingerprint density at radius 3 is 2.44 bits per heavy atom. The van der Waals surface area contributed by atoms with Gasteiger partial charge >= 0.3 is 5.97 Å². The van der Waals surface area contributed by atoms with Gasteiger partial charge in [-0.25, -0.2) is 0 Å². The smallest absolute Gasteiger partial charge is 0.311 e. The normalized spacial score (nSPS) is 23.3. The molecule has 1 aliphatic heterocycles. The van der Waals surface area contributed by atoms with Gasteiger partial charge in [-0.2, -0.15) is 0 Å². The molecule has 0 spiro atoms. The highest BCUT2D eigenvalue weighted by Crippen LogP contribution is 2.30. The van der Waals surface area contributed by atoms with Gasteiger partial charge in [0, 0.05) is 19.5 Å². The minimum absolute atomic E-state index is 0.122. The first-order valence-electron chi connectivity index (χ1n) is 7.01. The van der Waals surface area contributed by atoms with E-state index in [-0.39, 0.29) is 5.91 Å². The standard InChI is InChI=1S/C14H25NO3/c1-3-4-5-6-7-8-12(16)15-10-9-14(2,11-15)13(17)18/h3-11H2,1-2H3,(H,17,18). The predicted octanol–water partition coefficient (Wildman–Crippen LogP) is 2.67. The summed E-state index contributed by atoms with van der Waals surface area (Å²) in [6.45, 7) is 4.86. The molecule has 1 N–H and O–H groups in total. The van der Waals surface area contributed by atoms with Crippen molar-refractivity contribution in [1.29, 1.82) is 0 Å². The van der Waals surface area contributed by atoms with E-state index in [1.165, 1.54) is 19.3 Å². The van der Waals surface area contributed by atoms with Crippen molar-refractivity contribution in [2.75, 3.05) is 13.1 Å². The Kier molecular flexibility index (Phi) is 5.63. The van der Waals surface area contributed by atoms with Crippen molar-refractivity contribution >= 4 is 11.9 Å². The molecular weight excluding hydrogens is 230 g/mol. The van der Waals surface area contributed by atoms with Gasteiger partial charge < -0.3 is 10.0 Å². The van der Waals surface area contributed by atoms with Crippen molar-refractivity contribution < 1.29 is 14.7 Å². The van der Waals surface area contributed by atoms with Crippen LogP contribution in [0.15, 0.2) is 0 Å². The lowest BCUT2D eigenvalue weighted by Gasteiger charge is -2.20. The molecule has 0 aromatic carbocycles. The number of carboxylic acid groups (broad SMARTS) is 1. The minimum atomic E-state index is -0.791. The van der Waals surface area contributed by atoms with E-state index in [1.807, 2.05) is 0 Å². The SMILES string of the molecule is CCCCCCCC(=O)N1CCC(C)(C(=O)O)C1. The molecule has 4 heteroatoms. The number of aliphatic carboxylic acids is 1. The molecule has 1 atom stereocenters. The van der Waals surface area contributed by atoms with Gasteiger partial charge in [0.05, 0.1) is 5.41 Å². The summed E-state index contributed by atoms with van der Waals surface area (Å²) in [7, 11) is 0. The van der Waals surface area contributed by atoms with Crippen molar-refractivity contribution in [2.24, 2.45) is 5.41 Å². The lowest BCUT2D eigenvalue weighted by molar-refractivity contribution is -0.147. The Balaban J connectivity index is 2.26. The number of unbranched alkanes of at least 4 members (excludes halogenated alkanes) is 4. The molecule has 1 heterocycles. The lowest BCUT2D eigenvalue weighted by Crippen LogP contribution is -2.34. The second kappa shape index (κ2) is 6.76. The Labute approximate surface area is 109 Å². The van der Waals surface area contributed by atoms with Crippen molar-refractivity contribution in [1.82, 2.24) is 4.90 Å². The fourth-order valence-electron chi connectivity index (χ4n) is 2.39. The van der Waals surface area contributed by atoms with Crippen molar-refractivity contribution in [3.05, 3.63) is 0 Å². The number of likely N-dealkylation sites (tertiary alicyclic amines) is 1. The van der Waals surface area contributed by atoms with Gasteiger partial charge in [0.1, 0.15) is 0 Å². The molecule has 1 aliphatic rings. The zero-order valence-electron chi connectivity index (χ0n) is 11.6. The van der Waals surface area contributed by atoms with E-state index in [2.05, 4.69) is 6.92 Å². The summed E-state index contributed by atoms with van der Waals surface area (Å²) in [5.74, 6) is -0.669. The van der Waals surface area contributed by atoms with Crippen molar-refractivity contribution in [2.45, 2.75) is 58.8 Å². The highest BCUT2D eigenvalue weighted by molar-refractivity contribution is 5.80. The second-order valence-electron chi connectivity index (χ2n) is 5.60. The van der Waals surface area contributed by atoms with Crippen LogP contribution < -0.4 is 0 Å². The quantitative estimate of drug-likeness (QED) is 0.711. The topological polar surface area (TPSA) is 57.6 Å². The molecule has 1 amide bonds. The summed E-state index contributed by atoms with van der Waals surface area (Å²) >= 11 is 0. The number of amides is 1. The maximum absolute atomic E-state index is 11.9. The van der Waals surface area contributed by atoms with E-state index < -0.39 is 11.4 Å². The van der Waals surface area contributed by atoms with Gasteiger partial charge in [-0.3, -0.25) is 9.59 Å². The van der Waals surface area contributed by atoms with Crippen molar-refractivity contribution in [3.63, 3.8) is 0 Å². The average molecular weight is 255 g/mol. The van der Waals surface area contributed by atoms with Gasteiger partial charge in [0.2, 0.25) is 5.91 Å². The molecule has 0 saturated carbocycles. The third-order valence-electron chi connectivity index (χ3n) is 3.84. The molecule has 0 aliphatic carbocycles.